The molecule has 0 saturated heterocycles. The maximum absolute atomic E-state index is 12.3. The lowest BCUT2D eigenvalue weighted by atomic mass is 9.89. The number of rotatable bonds is 4. The Morgan fingerprint density at radius 1 is 1.52 bits per heavy atom. The van der Waals surface area contributed by atoms with Gasteiger partial charge in [-0.25, -0.2) is 9.97 Å². The molecule has 2 N–H and O–H groups in total. The predicted octanol–water partition coefficient (Wildman–Crippen LogP) is 1.23. The molecule has 3 rings (SSSR count). The minimum atomic E-state index is 0.0154. The second kappa shape index (κ2) is 5.95. The Morgan fingerprint density at radius 3 is 3.29 bits per heavy atom. The number of hydrogen-bond donors (Lipinski definition) is 2. The van der Waals surface area contributed by atoms with Crippen molar-refractivity contribution in [2.24, 2.45) is 5.92 Å². The first kappa shape index (κ1) is 13.6. The van der Waals surface area contributed by atoms with Crippen molar-refractivity contribution in [1.29, 1.82) is 0 Å². The van der Waals surface area contributed by atoms with E-state index in [-0.39, 0.29) is 11.8 Å². The van der Waals surface area contributed by atoms with Crippen molar-refractivity contribution in [3.05, 3.63) is 41.6 Å². The first-order valence-electron chi connectivity index (χ1n) is 7.04. The number of imidazole rings is 1. The van der Waals surface area contributed by atoms with E-state index in [1.54, 1.807) is 19.6 Å². The molecule has 0 saturated carbocycles. The number of ether oxygens (including phenoxy) is 1. The number of aromatic nitrogens is 3. The molecule has 0 aliphatic heterocycles. The molecule has 1 aliphatic carbocycles. The van der Waals surface area contributed by atoms with Crippen LogP contribution in [-0.2, 0) is 24.2 Å². The van der Waals surface area contributed by atoms with Crippen LogP contribution in [0, 0.1) is 5.92 Å². The van der Waals surface area contributed by atoms with Gasteiger partial charge in [-0.15, -0.1) is 0 Å². The van der Waals surface area contributed by atoms with Crippen LogP contribution in [-0.4, -0.2) is 28.0 Å². The molecule has 6 nitrogen and oxygen atoms in total. The van der Waals surface area contributed by atoms with Gasteiger partial charge in [0.2, 0.25) is 11.8 Å². The van der Waals surface area contributed by atoms with Gasteiger partial charge in [0.05, 0.1) is 19.1 Å². The van der Waals surface area contributed by atoms with Gasteiger partial charge >= 0.3 is 0 Å². The number of pyridine rings is 1. The van der Waals surface area contributed by atoms with Crippen LogP contribution in [0.3, 0.4) is 0 Å². The Balaban J connectivity index is 1.57. The number of nitrogens with one attached hydrogen (secondary N) is 2. The maximum Gasteiger partial charge on any atom is 0.223 e. The summed E-state index contributed by atoms with van der Waals surface area (Å²) >= 11 is 0. The van der Waals surface area contributed by atoms with E-state index < -0.39 is 0 Å². The zero-order valence-corrected chi connectivity index (χ0v) is 11.9. The van der Waals surface area contributed by atoms with Crippen molar-refractivity contribution in [1.82, 2.24) is 20.3 Å². The monoisotopic (exact) mass is 286 g/mol. The number of aryl methyl sites for hydroxylation is 1. The fourth-order valence-electron chi connectivity index (χ4n) is 2.63. The minimum Gasteiger partial charge on any atom is -0.481 e. The van der Waals surface area contributed by atoms with E-state index in [4.69, 9.17) is 4.74 Å². The highest BCUT2D eigenvalue weighted by molar-refractivity contribution is 5.79. The van der Waals surface area contributed by atoms with Crippen molar-refractivity contribution in [3.8, 4) is 5.88 Å². The summed E-state index contributed by atoms with van der Waals surface area (Å²) in [6, 6.07) is 3.70. The standard InChI is InChI=1S/C15H18N4O2/c1-21-14-6-10(4-5-16-14)8-17-15(20)11-2-3-12-13(7-11)19-9-18-12/h4-6,9,11H,2-3,7-8H2,1H3,(H,17,20)(H,18,19). The van der Waals surface area contributed by atoms with Crippen LogP contribution in [0.15, 0.2) is 24.7 Å². The van der Waals surface area contributed by atoms with Gasteiger partial charge in [0.15, 0.2) is 0 Å². The predicted molar refractivity (Wildman–Crippen MR) is 76.7 cm³/mol. The highest BCUT2D eigenvalue weighted by Crippen LogP contribution is 2.23. The van der Waals surface area contributed by atoms with Gasteiger partial charge in [0.25, 0.3) is 0 Å². The molecule has 1 unspecified atom stereocenters. The fourth-order valence-corrected chi connectivity index (χ4v) is 2.63. The Labute approximate surface area is 123 Å². The highest BCUT2D eigenvalue weighted by atomic mass is 16.5. The van der Waals surface area contributed by atoms with E-state index in [2.05, 4.69) is 20.3 Å². The van der Waals surface area contributed by atoms with Gasteiger partial charge in [-0.1, -0.05) is 0 Å². The zero-order valence-electron chi connectivity index (χ0n) is 11.9. The smallest absolute Gasteiger partial charge is 0.223 e. The zero-order chi connectivity index (χ0) is 14.7. The summed E-state index contributed by atoms with van der Waals surface area (Å²) < 4.78 is 5.07. The van der Waals surface area contributed by atoms with E-state index in [9.17, 15) is 4.79 Å². The van der Waals surface area contributed by atoms with Crippen LogP contribution in [0.5, 0.6) is 5.88 Å². The lowest BCUT2D eigenvalue weighted by Gasteiger charge is -2.20. The van der Waals surface area contributed by atoms with E-state index in [1.165, 1.54) is 0 Å². The molecular formula is C15H18N4O2. The van der Waals surface area contributed by atoms with E-state index >= 15 is 0 Å². The summed E-state index contributed by atoms with van der Waals surface area (Å²) in [7, 11) is 1.58. The number of H-pyrrole nitrogens is 1. The number of carbonyl (C=O) groups is 1. The number of aromatic amines is 1. The third-order valence-corrected chi connectivity index (χ3v) is 3.83. The number of hydrogen-bond acceptors (Lipinski definition) is 4. The van der Waals surface area contributed by atoms with Crippen LogP contribution in [0.25, 0.3) is 0 Å². The average molecular weight is 286 g/mol. The molecule has 110 valence electrons. The van der Waals surface area contributed by atoms with Crippen LogP contribution < -0.4 is 10.1 Å². The number of fused-ring (bicyclic) bond motifs is 1. The molecule has 6 heteroatoms. The summed E-state index contributed by atoms with van der Waals surface area (Å²) in [5.41, 5.74) is 3.16. The molecule has 2 aromatic heterocycles. The minimum absolute atomic E-state index is 0.0154. The molecule has 1 atom stereocenters. The van der Waals surface area contributed by atoms with E-state index in [1.807, 2.05) is 12.1 Å². The van der Waals surface area contributed by atoms with E-state index in [0.29, 0.717) is 12.4 Å². The lowest BCUT2D eigenvalue weighted by Crippen LogP contribution is -2.33. The molecule has 0 aromatic carbocycles. The van der Waals surface area contributed by atoms with E-state index in [0.717, 1.165) is 36.2 Å². The first-order valence-corrected chi connectivity index (χ1v) is 7.04. The number of nitrogens with zero attached hydrogens (tertiary/aromatic N) is 2. The van der Waals surface area contributed by atoms with Gasteiger partial charge < -0.3 is 15.0 Å². The van der Waals surface area contributed by atoms with Gasteiger partial charge in [-0.05, 0) is 24.5 Å². The fraction of sp³-hybridized carbons (Fsp3) is 0.400. The van der Waals surface area contributed by atoms with Crippen molar-refractivity contribution in [2.45, 2.75) is 25.8 Å². The Bertz CT molecular complexity index is 638. The molecular weight excluding hydrogens is 268 g/mol. The highest BCUT2D eigenvalue weighted by Gasteiger charge is 2.25. The first-order chi connectivity index (χ1) is 10.3. The summed E-state index contributed by atoms with van der Waals surface area (Å²) in [6.07, 6.45) is 5.83. The molecule has 0 radical (unpaired) electrons. The summed E-state index contributed by atoms with van der Waals surface area (Å²) in [5, 5.41) is 2.99. The molecule has 21 heavy (non-hydrogen) atoms. The number of carbonyl (C=O) groups excluding carboxylic acids is 1. The molecule has 0 fully saturated rings. The van der Waals surface area contributed by atoms with Gasteiger partial charge in [0.1, 0.15) is 0 Å². The van der Waals surface area contributed by atoms with Crippen LogP contribution in [0.4, 0.5) is 0 Å². The van der Waals surface area contributed by atoms with Crippen molar-refractivity contribution in [2.75, 3.05) is 7.11 Å². The van der Waals surface area contributed by atoms with Gasteiger partial charge in [-0.2, -0.15) is 0 Å². The Hall–Kier alpha value is -2.37. The Morgan fingerprint density at radius 2 is 2.43 bits per heavy atom. The third kappa shape index (κ3) is 3.04. The van der Waals surface area contributed by atoms with Crippen molar-refractivity contribution in [3.63, 3.8) is 0 Å². The topological polar surface area (TPSA) is 79.9 Å². The third-order valence-electron chi connectivity index (χ3n) is 3.83. The quantitative estimate of drug-likeness (QED) is 0.886. The largest absolute Gasteiger partial charge is 0.481 e. The second-order valence-electron chi connectivity index (χ2n) is 5.19. The van der Waals surface area contributed by atoms with Crippen LogP contribution >= 0.6 is 0 Å². The van der Waals surface area contributed by atoms with Gasteiger partial charge in [-0.3, -0.25) is 4.79 Å². The molecule has 0 spiro atoms. The van der Waals surface area contributed by atoms with Crippen molar-refractivity contribution >= 4 is 5.91 Å². The second-order valence-corrected chi connectivity index (χ2v) is 5.19. The lowest BCUT2D eigenvalue weighted by molar-refractivity contribution is -0.125. The summed E-state index contributed by atoms with van der Waals surface area (Å²) in [4.78, 5) is 23.7. The van der Waals surface area contributed by atoms with Crippen molar-refractivity contribution < 1.29 is 9.53 Å². The molecule has 1 amide bonds. The van der Waals surface area contributed by atoms with Crippen LogP contribution in [0.2, 0.25) is 0 Å². The average Bonchev–Trinajstić information content (AvgIpc) is 3.00. The van der Waals surface area contributed by atoms with Crippen LogP contribution in [0.1, 0.15) is 23.4 Å². The normalized spacial score (nSPS) is 17.1. The maximum atomic E-state index is 12.3. The molecule has 2 heterocycles. The summed E-state index contributed by atoms with van der Waals surface area (Å²) in [5.74, 6) is 0.661. The SMILES string of the molecule is COc1cc(CNC(=O)C2CCc3nc[nH]c3C2)ccn1. The molecule has 2 aromatic rings. The molecule has 0 bridgehead atoms. The number of amides is 1. The number of methoxy groups -OCH3 is 1. The molecule has 1 aliphatic rings. The van der Waals surface area contributed by atoms with Gasteiger partial charge in [0, 0.05) is 36.8 Å². The summed E-state index contributed by atoms with van der Waals surface area (Å²) in [6.45, 7) is 0.490. The Kier molecular flexibility index (Phi) is 3.85.